The van der Waals surface area contributed by atoms with Crippen molar-refractivity contribution in [2.24, 2.45) is 0 Å². The Bertz CT molecular complexity index is 865. The van der Waals surface area contributed by atoms with E-state index in [0.717, 1.165) is 42.1 Å². The molecule has 1 aromatic carbocycles. The minimum atomic E-state index is -0.0253. The van der Waals surface area contributed by atoms with Crippen molar-refractivity contribution in [2.75, 3.05) is 19.6 Å². The third-order valence-corrected chi connectivity index (χ3v) is 5.97. The number of thiazole rings is 1. The van der Waals surface area contributed by atoms with Crippen LogP contribution in [0.15, 0.2) is 35.7 Å². The monoisotopic (exact) mass is 417 g/mol. The topological polar surface area (TPSA) is 62.3 Å². The van der Waals surface area contributed by atoms with Crippen LogP contribution in [-0.2, 0) is 16.0 Å². The molecular formula is C21H24ClN3O2S. The second kappa shape index (κ2) is 9.85. The van der Waals surface area contributed by atoms with Crippen molar-refractivity contribution in [2.45, 2.75) is 32.1 Å². The molecule has 1 N–H and O–H groups in total. The number of amides is 2. The Hall–Kier alpha value is -2.18. The van der Waals surface area contributed by atoms with Gasteiger partial charge in [0.15, 0.2) is 0 Å². The Morgan fingerprint density at radius 3 is 3.07 bits per heavy atom. The summed E-state index contributed by atoms with van der Waals surface area (Å²) in [5, 5.41) is 6.58. The van der Waals surface area contributed by atoms with E-state index in [9.17, 15) is 9.59 Å². The minimum Gasteiger partial charge on any atom is -0.356 e. The van der Waals surface area contributed by atoms with Crippen molar-refractivity contribution < 1.29 is 9.59 Å². The summed E-state index contributed by atoms with van der Waals surface area (Å²) < 4.78 is 0. The van der Waals surface area contributed by atoms with Crippen LogP contribution in [0.25, 0.3) is 6.08 Å². The number of likely N-dealkylation sites (tertiary alicyclic amines) is 1. The first-order valence-electron chi connectivity index (χ1n) is 9.42. The highest BCUT2D eigenvalue weighted by Gasteiger charge is 2.25. The predicted octanol–water partition coefficient (Wildman–Crippen LogP) is 3.89. The molecule has 1 saturated heterocycles. The number of carbonyl (C=O) groups is 2. The molecular weight excluding hydrogens is 394 g/mol. The average Bonchev–Trinajstić information content (AvgIpc) is 3.15. The highest BCUT2D eigenvalue weighted by Crippen LogP contribution is 2.29. The van der Waals surface area contributed by atoms with Gasteiger partial charge in [-0.2, -0.15) is 0 Å². The SMILES string of the molecule is CC(=O)NCCc1csc(C2CCCN(C(=O)C=Cc3cccc(Cl)c3)C2)n1. The van der Waals surface area contributed by atoms with E-state index >= 15 is 0 Å². The van der Waals surface area contributed by atoms with Gasteiger partial charge in [-0.1, -0.05) is 23.7 Å². The van der Waals surface area contributed by atoms with E-state index in [1.54, 1.807) is 23.5 Å². The van der Waals surface area contributed by atoms with Gasteiger partial charge >= 0.3 is 0 Å². The van der Waals surface area contributed by atoms with Gasteiger partial charge in [0.05, 0.1) is 10.7 Å². The van der Waals surface area contributed by atoms with E-state index in [1.165, 1.54) is 6.92 Å². The molecule has 0 spiro atoms. The largest absolute Gasteiger partial charge is 0.356 e. The number of carbonyl (C=O) groups excluding carboxylic acids is 2. The number of aromatic nitrogens is 1. The second-order valence-electron chi connectivity index (χ2n) is 6.92. The first-order chi connectivity index (χ1) is 13.5. The third kappa shape index (κ3) is 5.91. The zero-order chi connectivity index (χ0) is 19.9. The molecule has 3 rings (SSSR count). The summed E-state index contributed by atoms with van der Waals surface area (Å²) in [5.74, 6) is 0.270. The van der Waals surface area contributed by atoms with Crippen LogP contribution >= 0.6 is 22.9 Å². The van der Waals surface area contributed by atoms with Gasteiger partial charge in [-0.15, -0.1) is 11.3 Å². The van der Waals surface area contributed by atoms with Crippen LogP contribution in [-0.4, -0.2) is 41.3 Å². The maximum atomic E-state index is 12.6. The van der Waals surface area contributed by atoms with Gasteiger partial charge < -0.3 is 10.2 Å². The summed E-state index contributed by atoms with van der Waals surface area (Å²) in [6.45, 7) is 3.58. The van der Waals surface area contributed by atoms with Crippen molar-refractivity contribution in [3.8, 4) is 0 Å². The lowest BCUT2D eigenvalue weighted by atomic mass is 9.98. The Morgan fingerprint density at radius 1 is 1.43 bits per heavy atom. The third-order valence-electron chi connectivity index (χ3n) is 4.67. The van der Waals surface area contributed by atoms with E-state index in [-0.39, 0.29) is 17.7 Å². The van der Waals surface area contributed by atoms with Gasteiger partial charge in [-0.05, 0) is 36.6 Å². The van der Waals surface area contributed by atoms with Crippen molar-refractivity contribution in [3.63, 3.8) is 0 Å². The molecule has 28 heavy (non-hydrogen) atoms. The normalized spacial score (nSPS) is 17.1. The summed E-state index contributed by atoms with van der Waals surface area (Å²) in [6.07, 6.45) is 6.17. The fraction of sp³-hybridized carbons (Fsp3) is 0.381. The van der Waals surface area contributed by atoms with E-state index in [0.29, 0.717) is 18.1 Å². The molecule has 5 nitrogen and oxygen atoms in total. The van der Waals surface area contributed by atoms with Gasteiger partial charge in [0.1, 0.15) is 0 Å². The zero-order valence-electron chi connectivity index (χ0n) is 15.9. The van der Waals surface area contributed by atoms with Gasteiger partial charge in [0.2, 0.25) is 11.8 Å². The summed E-state index contributed by atoms with van der Waals surface area (Å²) in [5.41, 5.74) is 1.91. The van der Waals surface area contributed by atoms with Crippen molar-refractivity contribution >= 4 is 40.8 Å². The summed E-state index contributed by atoms with van der Waals surface area (Å²) in [6, 6.07) is 7.44. The standard InChI is InChI=1S/C21H24ClN3O2S/c1-15(26)23-10-9-19-14-28-21(24-19)17-5-3-11-25(13-17)20(27)8-7-16-4-2-6-18(22)12-16/h2,4,6-8,12,14,17H,3,5,9-11,13H2,1H3,(H,23,26). The number of hydrogen-bond acceptors (Lipinski definition) is 4. The molecule has 1 aliphatic heterocycles. The predicted molar refractivity (Wildman–Crippen MR) is 114 cm³/mol. The lowest BCUT2D eigenvalue weighted by Gasteiger charge is -2.31. The second-order valence-corrected chi connectivity index (χ2v) is 8.25. The Morgan fingerprint density at radius 2 is 2.29 bits per heavy atom. The Labute approximate surface area is 174 Å². The number of halogens is 1. The van der Waals surface area contributed by atoms with Crippen LogP contribution in [0, 0.1) is 0 Å². The molecule has 1 atom stereocenters. The summed E-state index contributed by atoms with van der Waals surface area (Å²) in [4.78, 5) is 30.2. The molecule has 148 valence electrons. The highest BCUT2D eigenvalue weighted by molar-refractivity contribution is 7.09. The van der Waals surface area contributed by atoms with E-state index < -0.39 is 0 Å². The van der Waals surface area contributed by atoms with Crippen LogP contribution in [0.3, 0.4) is 0 Å². The number of hydrogen-bond donors (Lipinski definition) is 1. The van der Waals surface area contributed by atoms with E-state index in [1.807, 2.05) is 29.2 Å². The smallest absolute Gasteiger partial charge is 0.246 e. The maximum absolute atomic E-state index is 12.6. The average molecular weight is 418 g/mol. The van der Waals surface area contributed by atoms with E-state index in [2.05, 4.69) is 10.7 Å². The number of piperidine rings is 1. The lowest BCUT2D eigenvalue weighted by molar-refractivity contribution is -0.127. The van der Waals surface area contributed by atoms with Crippen molar-refractivity contribution in [1.82, 2.24) is 15.2 Å². The minimum absolute atomic E-state index is 0.0205. The van der Waals surface area contributed by atoms with Crippen LogP contribution in [0.5, 0.6) is 0 Å². The first-order valence-corrected chi connectivity index (χ1v) is 10.7. The Balaban J connectivity index is 1.57. The molecule has 7 heteroatoms. The van der Waals surface area contributed by atoms with Crippen molar-refractivity contribution in [3.05, 3.63) is 57.0 Å². The van der Waals surface area contributed by atoms with Gasteiger partial charge in [-0.25, -0.2) is 4.98 Å². The first kappa shape index (κ1) is 20.6. The van der Waals surface area contributed by atoms with Gasteiger partial charge in [-0.3, -0.25) is 9.59 Å². The molecule has 0 bridgehead atoms. The summed E-state index contributed by atoms with van der Waals surface area (Å²) in [7, 11) is 0. The molecule has 2 amide bonds. The summed E-state index contributed by atoms with van der Waals surface area (Å²) >= 11 is 7.64. The van der Waals surface area contributed by atoms with Crippen LogP contribution in [0.1, 0.15) is 41.9 Å². The number of nitrogens with zero attached hydrogens (tertiary/aromatic N) is 2. The highest BCUT2D eigenvalue weighted by atomic mass is 35.5. The number of rotatable bonds is 6. The molecule has 1 unspecified atom stereocenters. The molecule has 2 aromatic rings. The van der Waals surface area contributed by atoms with Gasteiger partial charge in [0.25, 0.3) is 0 Å². The van der Waals surface area contributed by atoms with Crippen molar-refractivity contribution in [1.29, 1.82) is 0 Å². The molecule has 1 aromatic heterocycles. The fourth-order valence-corrected chi connectivity index (χ4v) is 4.43. The molecule has 1 aliphatic rings. The quantitative estimate of drug-likeness (QED) is 0.725. The van der Waals surface area contributed by atoms with Crippen LogP contribution < -0.4 is 5.32 Å². The van der Waals surface area contributed by atoms with Gasteiger partial charge in [0, 0.05) is 55.4 Å². The molecule has 0 radical (unpaired) electrons. The molecule has 2 heterocycles. The number of nitrogens with one attached hydrogen (secondary N) is 1. The number of benzene rings is 1. The molecule has 0 aliphatic carbocycles. The van der Waals surface area contributed by atoms with Crippen LogP contribution in [0.2, 0.25) is 5.02 Å². The maximum Gasteiger partial charge on any atom is 0.246 e. The lowest BCUT2D eigenvalue weighted by Crippen LogP contribution is -2.38. The molecule has 1 fully saturated rings. The Kier molecular flexibility index (Phi) is 7.23. The zero-order valence-corrected chi connectivity index (χ0v) is 17.4. The van der Waals surface area contributed by atoms with Crippen LogP contribution in [0.4, 0.5) is 0 Å². The fourth-order valence-electron chi connectivity index (χ4n) is 3.25. The van der Waals surface area contributed by atoms with E-state index in [4.69, 9.17) is 16.6 Å². The molecule has 0 saturated carbocycles.